The van der Waals surface area contributed by atoms with Crippen molar-refractivity contribution < 1.29 is 14.3 Å². The van der Waals surface area contributed by atoms with Gasteiger partial charge in [0.15, 0.2) is 0 Å². The van der Waals surface area contributed by atoms with Gasteiger partial charge < -0.3 is 20.1 Å². The van der Waals surface area contributed by atoms with E-state index in [1.165, 1.54) is 0 Å². The van der Waals surface area contributed by atoms with Crippen molar-refractivity contribution >= 4 is 40.5 Å². The van der Waals surface area contributed by atoms with E-state index < -0.39 is 0 Å². The van der Waals surface area contributed by atoms with E-state index in [0.717, 1.165) is 5.75 Å². The van der Waals surface area contributed by atoms with E-state index in [4.69, 9.17) is 32.7 Å². The minimum atomic E-state index is -0.194. The highest BCUT2D eigenvalue weighted by molar-refractivity contribution is 6.42. The highest BCUT2D eigenvalue weighted by Crippen LogP contribution is 2.25. The fraction of sp³-hybridized carbons (Fsp3) is 0.136. The number of carbonyl (C=O) groups excluding carboxylic acids is 1. The molecule has 0 radical (unpaired) electrons. The first-order valence-electron chi connectivity index (χ1n) is 8.99. The van der Waals surface area contributed by atoms with Gasteiger partial charge in [-0.2, -0.15) is 0 Å². The van der Waals surface area contributed by atoms with Gasteiger partial charge in [-0.05, 0) is 42.5 Å². The molecule has 7 heteroatoms. The van der Waals surface area contributed by atoms with Crippen LogP contribution in [0, 0.1) is 0 Å². The summed E-state index contributed by atoms with van der Waals surface area (Å²) in [6.45, 7) is 0.910. The Bertz CT molecular complexity index is 952. The Morgan fingerprint density at radius 3 is 2.24 bits per heavy atom. The van der Waals surface area contributed by atoms with Crippen LogP contribution in [0.1, 0.15) is 0 Å². The summed E-state index contributed by atoms with van der Waals surface area (Å²) in [7, 11) is 0. The molecule has 0 spiro atoms. The average molecular weight is 431 g/mol. The number of carbonyl (C=O) groups is 1. The van der Waals surface area contributed by atoms with E-state index in [1.54, 1.807) is 30.3 Å². The van der Waals surface area contributed by atoms with Gasteiger partial charge in [-0.15, -0.1) is 0 Å². The number of nitrogens with one attached hydrogen (secondary N) is 2. The van der Waals surface area contributed by atoms with Gasteiger partial charge >= 0.3 is 0 Å². The molecule has 0 aliphatic carbocycles. The Balaban J connectivity index is 1.43. The minimum absolute atomic E-state index is 0.0912. The Morgan fingerprint density at radius 1 is 0.759 bits per heavy atom. The smallest absolute Gasteiger partial charge is 0.243 e. The Morgan fingerprint density at radius 2 is 1.48 bits per heavy atom. The maximum atomic E-state index is 12.2. The molecule has 0 aliphatic rings. The summed E-state index contributed by atoms with van der Waals surface area (Å²) >= 11 is 11.9. The topological polar surface area (TPSA) is 59.6 Å². The van der Waals surface area contributed by atoms with Crippen LogP contribution in [0.15, 0.2) is 72.8 Å². The normalized spacial score (nSPS) is 10.3. The summed E-state index contributed by atoms with van der Waals surface area (Å²) in [6, 6.07) is 21.8. The van der Waals surface area contributed by atoms with Crippen LogP contribution in [0.2, 0.25) is 10.0 Å². The van der Waals surface area contributed by atoms with E-state index in [9.17, 15) is 4.79 Å². The monoisotopic (exact) mass is 430 g/mol. The number of hydrogen-bond donors (Lipinski definition) is 2. The van der Waals surface area contributed by atoms with E-state index in [-0.39, 0.29) is 12.5 Å². The summed E-state index contributed by atoms with van der Waals surface area (Å²) in [6.07, 6.45) is 0. The maximum absolute atomic E-state index is 12.2. The van der Waals surface area contributed by atoms with Gasteiger partial charge in [0.2, 0.25) is 5.91 Å². The van der Waals surface area contributed by atoms with Gasteiger partial charge in [0.05, 0.1) is 16.6 Å². The molecule has 0 aliphatic heterocycles. The molecule has 5 nitrogen and oxygen atoms in total. The third-order valence-corrected chi connectivity index (χ3v) is 4.59. The summed E-state index contributed by atoms with van der Waals surface area (Å²) < 4.78 is 11.3. The highest BCUT2D eigenvalue weighted by atomic mass is 35.5. The minimum Gasteiger partial charge on any atom is -0.490 e. The Hall–Kier alpha value is -2.89. The molecular formula is C22H20Cl2N2O3. The van der Waals surface area contributed by atoms with Gasteiger partial charge in [-0.25, -0.2) is 0 Å². The predicted octanol–water partition coefficient (Wildman–Crippen LogP) is 5.50. The lowest BCUT2D eigenvalue weighted by molar-refractivity contribution is -0.114. The third-order valence-electron chi connectivity index (χ3n) is 3.85. The first-order valence-corrected chi connectivity index (χ1v) is 9.75. The molecule has 2 N–H and O–H groups in total. The summed E-state index contributed by atoms with van der Waals surface area (Å²) in [5.41, 5.74) is 1.36. The van der Waals surface area contributed by atoms with Crippen molar-refractivity contribution in [1.29, 1.82) is 0 Å². The van der Waals surface area contributed by atoms with Crippen molar-refractivity contribution in [2.24, 2.45) is 0 Å². The summed E-state index contributed by atoms with van der Waals surface area (Å²) in [4.78, 5) is 12.2. The zero-order chi connectivity index (χ0) is 20.5. The lowest BCUT2D eigenvalue weighted by Crippen LogP contribution is -2.21. The zero-order valence-corrected chi connectivity index (χ0v) is 17.0. The van der Waals surface area contributed by atoms with Crippen molar-refractivity contribution in [2.75, 3.05) is 30.4 Å². The highest BCUT2D eigenvalue weighted by Gasteiger charge is 2.05. The molecule has 0 saturated carbocycles. The fourth-order valence-corrected chi connectivity index (χ4v) is 2.79. The van der Waals surface area contributed by atoms with Gasteiger partial charge in [0.25, 0.3) is 0 Å². The second-order valence-corrected chi connectivity index (χ2v) is 6.88. The molecule has 0 fully saturated rings. The number of halogens is 2. The van der Waals surface area contributed by atoms with Gasteiger partial charge in [0, 0.05) is 17.4 Å². The Kier molecular flexibility index (Phi) is 7.61. The van der Waals surface area contributed by atoms with Gasteiger partial charge in [-0.3, -0.25) is 4.79 Å². The lowest BCUT2D eigenvalue weighted by atomic mass is 10.3. The SMILES string of the molecule is O=C(CNc1ccc(Cl)c(Cl)c1)Nc1cccc(OCCOc2ccccc2)c1. The van der Waals surface area contributed by atoms with Crippen LogP contribution in [0.25, 0.3) is 0 Å². The van der Waals surface area contributed by atoms with Crippen molar-refractivity contribution in [3.05, 3.63) is 82.8 Å². The molecule has 3 rings (SSSR count). The number of rotatable bonds is 9. The third kappa shape index (κ3) is 6.89. The molecule has 29 heavy (non-hydrogen) atoms. The average Bonchev–Trinajstić information content (AvgIpc) is 2.73. The number of ether oxygens (including phenoxy) is 2. The first-order chi connectivity index (χ1) is 14.1. The lowest BCUT2D eigenvalue weighted by Gasteiger charge is -2.11. The maximum Gasteiger partial charge on any atom is 0.243 e. The van der Waals surface area contributed by atoms with Crippen LogP contribution >= 0.6 is 23.2 Å². The Labute approximate surface area is 179 Å². The van der Waals surface area contributed by atoms with Crippen molar-refractivity contribution in [3.63, 3.8) is 0 Å². The van der Waals surface area contributed by atoms with E-state index >= 15 is 0 Å². The molecule has 0 aromatic heterocycles. The van der Waals surface area contributed by atoms with Crippen LogP contribution in [0.4, 0.5) is 11.4 Å². The summed E-state index contributed by atoms with van der Waals surface area (Å²) in [5.74, 6) is 1.25. The number of hydrogen-bond acceptors (Lipinski definition) is 4. The number of amides is 1. The molecular weight excluding hydrogens is 411 g/mol. The second-order valence-electron chi connectivity index (χ2n) is 6.07. The number of anilines is 2. The molecule has 0 saturated heterocycles. The largest absolute Gasteiger partial charge is 0.490 e. The number of para-hydroxylation sites is 1. The molecule has 0 bridgehead atoms. The van der Waals surface area contributed by atoms with E-state index in [2.05, 4.69) is 10.6 Å². The van der Waals surface area contributed by atoms with Crippen LogP contribution in [-0.4, -0.2) is 25.7 Å². The van der Waals surface area contributed by atoms with Crippen LogP contribution in [0.5, 0.6) is 11.5 Å². The van der Waals surface area contributed by atoms with Crippen LogP contribution < -0.4 is 20.1 Å². The standard InChI is InChI=1S/C22H20Cl2N2O3/c23-20-10-9-16(14-21(20)24)25-15-22(27)26-17-5-4-8-19(13-17)29-12-11-28-18-6-2-1-3-7-18/h1-10,13-14,25H,11-12,15H2,(H,26,27). The molecule has 150 valence electrons. The van der Waals surface area contributed by atoms with E-state index in [1.807, 2.05) is 42.5 Å². The zero-order valence-electron chi connectivity index (χ0n) is 15.5. The molecule has 1 amide bonds. The van der Waals surface area contributed by atoms with Crippen molar-refractivity contribution in [3.8, 4) is 11.5 Å². The van der Waals surface area contributed by atoms with E-state index in [0.29, 0.717) is 40.4 Å². The fourth-order valence-electron chi connectivity index (χ4n) is 2.49. The van der Waals surface area contributed by atoms with Gasteiger partial charge in [-0.1, -0.05) is 47.5 Å². The first kappa shape index (κ1) is 20.8. The van der Waals surface area contributed by atoms with Gasteiger partial charge in [0.1, 0.15) is 24.7 Å². The number of benzene rings is 3. The predicted molar refractivity (Wildman–Crippen MR) is 117 cm³/mol. The molecule has 3 aromatic carbocycles. The molecule has 0 heterocycles. The molecule has 0 atom stereocenters. The molecule has 3 aromatic rings. The summed E-state index contributed by atoms with van der Waals surface area (Å²) in [5, 5.41) is 6.72. The van der Waals surface area contributed by atoms with Crippen molar-refractivity contribution in [2.45, 2.75) is 0 Å². The second kappa shape index (κ2) is 10.6. The van der Waals surface area contributed by atoms with Crippen molar-refractivity contribution in [1.82, 2.24) is 0 Å². The van der Waals surface area contributed by atoms with Crippen LogP contribution in [-0.2, 0) is 4.79 Å². The van der Waals surface area contributed by atoms with Crippen LogP contribution in [0.3, 0.4) is 0 Å². The molecule has 0 unspecified atom stereocenters. The quantitative estimate of drug-likeness (QED) is 0.439.